The molecular weight excluding hydrogens is 347 g/mol. The third kappa shape index (κ3) is 3.41. The minimum absolute atomic E-state index is 0.347. The van der Waals surface area contributed by atoms with Gasteiger partial charge in [0, 0.05) is 18.5 Å². The van der Waals surface area contributed by atoms with Crippen molar-refractivity contribution in [3.63, 3.8) is 0 Å². The Balaban J connectivity index is 2.57. The van der Waals surface area contributed by atoms with E-state index in [-0.39, 0.29) is 0 Å². The summed E-state index contributed by atoms with van der Waals surface area (Å²) in [5.74, 6) is 0. The molecule has 110 valence electrons. The molecule has 7 heteroatoms. The summed E-state index contributed by atoms with van der Waals surface area (Å²) in [5.41, 5.74) is 1.49. The van der Waals surface area contributed by atoms with Crippen molar-refractivity contribution in [1.29, 1.82) is 0 Å². The van der Waals surface area contributed by atoms with Crippen LogP contribution in [0.3, 0.4) is 0 Å². The van der Waals surface area contributed by atoms with Crippen molar-refractivity contribution in [2.45, 2.75) is 6.18 Å². The summed E-state index contributed by atoms with van der Waals surface area (Å²) >= 11 is 3.20. The Bertz CT molecular complexity index is 703. The first kappa shape index (κ1) is 15.5. The minimum Gasteiger partial charge on any atom is -0.255 e. The molecule has 0 amide bonds. The molecule has 1 aromatic heterocycles. The van der Waals surface area contributed by atoms with Crippen LogP contribution in [0.15, 0.2) is 52.7 Å². The van der Waals surface area contributed by atoms with Gasteiger partial charge in [-0.2, -0.15) is 18.3 Å². The normalized spacial score (nSPS) is 12.5. The Kier molecular flexibility index (Phi) is 4.62. The average molecular weight is 358 g/mol. The fourth-order valence-electron chi connectivity index (χ4n) is 1.88. The van der Waals surface area contributed by atoms with E-state index in [4.69, 9.17) is 0 Å². The van der Waals surface area contributed by atoms with Gasteiger partial charge in [0.25, 0.3) is 0 Å². The largest absolute Gasteiger partial charge is 0.416 e. The monoisotopic (exact) mass is 357 g/mol. The molecule has 0 radical (unpaired) electrons. The topological polar surface area (TPSA) is 29.6 Å². The van der Waals surface area contributed by atoms with Gasteiger partial charge in [-0.1, -0.05) is 28.1 Å². The number of aromatic nitrogens is 1. The van der Waals surface area contributed by atoms with E-state index in [1.165, 1.54) is 16.8 Å². The number of pyridine rings is 1. The Hall–Kier alpha value is -1.89. The maximum atomic E-state index is 12.6. The lowest BCUT2D eigenvalue weighted by molar-refractivity contribution is -0.137. The molecule has 0 N–H and O–H groups in total. The van der Waals surface area contributed by atoms with Crippen LogP contribution in [-0.4, -0.2) is 16.8 Å². The van der Waals surface area contributed by atoms with Crippen LogP contribution in [-0.2, 0) is 6.18 Å². The molecule has 0 aliphatic rings. The summed E-state index contributed by atoms with van der Waals surface area (Å²) in [7, 11) is 0. The highest BCUT2D eigenvalue weighted by Crippen LogP contribution is 2.30. The molecule has 0 aliphatic carbocycles. The van der Waals surface area contributed by atoms with Gasteiger partial charge in [-0.3, -0.25) is 4.99 Å². The number of halogens is 4. The Morgan fingerprint density at radius 3 is 2.33 bits per heavy atom. The lowest BCUT2D eigenvalue weighted by Crippen LogP contribution is -2.19. The number of hydrogen-bond acceptors (Lipinski definition) is 2. The molecule has 0 aliphatic heterocycles. The van der Waals surface area contributed by atoms with Crippen molar-refractivity contribution in [3.05, 3.63) is 53.6 Å². The average Bonchev–Trinajstić information content (AvgIpc) is 2.47. The summed E-state index contributed by atoms with van der Waals surface area (Å²) in [5, 5.41) is 3.80. The highest BCUT2D eigenvalue weighted by molar-refractivity contribution is 9.09. The maximum absolute atomic E-state index is 12.6. The van der Waals surface area contributed by atoms with Crippen molar-refractivity contribution in [1.82, 2.24) is 4.68 Å². The fourth-order valence-corrected chi connectivity index (χ4v) is 2.12. The van der Waals surface area contributed by atoms with Crippen molar-refractivity contribution >= 4 is 22.6 Å². The Morgan fingerprint density at radius 2 is 1.81 bits per heavy atom. The van der Waals surface area contributed by atoms with Crippen molar-refractivity contribution in [2.75, 3.05) is 5.45 Å². The highest BCUT2D eigenvalue weighted by Gasteiger charge is 2.30. The summed E-state index contributed by atoms with van der Waals surface area (Å²) < 4.78 is 39.2. The molecule has 1 aromatic carbocycles. The van der Waals surface area contributed by atoms with Crippen LogP contribution >= 0.6 is 15.9 Å². The second-order valence-electron chi connectivity index (χ2n) is 4.08. The van der Waals surface area contributed by atoms with E-state index in [2.05, 4.69) is 32.7 Å². The number of nitrogens with zero attached hydrogens (tertiary/aromatic N) is 3. The Labute approximate surface area is 127 Å². The maximum Gasteiger partial charge on any atom is 0.416 e. The van der Waals surface area contributed by atoms with E-state index in [9.17, 15) is 13.2 Å². The first-order chi connectivity index (χ1) is 9.97. The number of alkyl halides is 4. The van der Waals surface area contributed by atoms with Crippen LogP contribution in [0.2, 0.25) is 0 Å². The van der Waals surface area contributed by atoms with Crippen LogP contribution in [0.5, 0.6) is 0 Å². The van der Waals surface area contributed by atoms with Gasteiger partial charge >= 0.3 is 6.18 Å². The second kappa shape index (κ2) is 6.26. The predicted octanol–water partition coefficient (Wildman–Crippen LogP) is 3.89. The van der Waals surface area contributed by atoms with Gasteiger partial charge in [-0.15, -0.1) is 0 Å². The molecule has 21 heavy (non-hydrogen) atoms. The van der Waals surface area contributed by atoms with E-state index in [1.54, 1.807) is 18.3 Å². The van der Waals surface area contributed by atoms with Gasteiger partial charge in [0.15, 0.2) is 5.49 Å². The zero-order chi connectivity index (χ0) is 15.5. The van der Waals surface area contributed by atoms with Crippen LogP contribution in [0.4, 0.5) is 13.2 Å². The van der Waals surface area contributed by atoms with Gasteiger partial charge in [0.1, 0.15) is 0 Å². The molecule has 0 fully saturated rings. The van der Waals surface area contributed by atoms with Crippen molar-refractivity contribution < 1.29 is 13.2 Å². The lowest BCUT2D eigenvalue weighted by Gasteiger charge is -2.09. The summed E-state index contributed by atoms with van der Waals surface area (Å²) in [6.45, 7) is 3.44. The van der Waals surface area contributed by atoms with Crippen LogP contribution in [0, 0.1) is 0 Å². The SMILES string of the molecule is C=Nn1cccc(-c2ccc(C(F)(F)F)cc2)/c1=N/CBr. The van der Waals surface area contributed by atoms with Crippen molar-refractivity contribution in [3.8, 4) is 11.1 Å². The summed E-state index contributed by atoms with van der Waals surface area (Å²) in [4.78, 5) is 4.25. The van der Waals surface area contributed by atoms with Gasteiger partial charge < -0.3 is 0 Å². The highest BCUT2D eigenvalue weighted by atomic mass is 79.9. The first-order valence-corrected chi connectivity index (χ1v) is 7.02. The third-order valence-electron chi connectivity index (χ3n) is 2.83. The van der Waals surface area contributed by atoms with E-state index in [0.717, 1.165) is 12.1 Å². The molecule has 0 saturated heterocycles. The smallest absolute Gasteiger partial charge is 0.255 e. The number of hydrogen-bond donors (Lipinski definition) is 0. The molecule has 0 spiro atoms. The van der Waals surface area contributed by atoms with Gasteiger partial charge in [-0.25, -0.2) is 4.68 Å². The zero-order valence-electron chi connectivity index (χ0n) is 10.8. The number of benzene rings is 1. The minimum atomic E-state index is -4.35. The van der Waals surface area contributed by atoms with Gasteiger partial charge in [-0.05, 0) is 29.8 Å². The first-order valence-electron chi connectivity index (χ1n) is 5.90. The van der Waals surface area contributed by atoms with Crippen LogP contribution in [0.25, 0.3) is 11.1 Å². The molecular formula is C14H11BrF3N3. The molecule has 2 aromatic rings. The molecule has 0 saturated carbocycles. The fraction of sp³-hybridized carbons (Fsp3) is 0.143. The molecule has 3 nitrogen and oxygen atoms in total. The standard InChI is InChI=1S/C14H11BrF3N3/c1-19-21-8-2-3-12(13(21)20-9-15)10-4-6-11(7-5-10)14(16,17)18/h2-8H,1,9H2/b20-13-. The molecule has 0 unspecified atom stereocenters. The van der Waals surface area contributed by atoms with Gasteiger partial charge in [0.2, 0.25) is 0 Å². The van der Waals surface area contributed by atoms with E-state index >= 15 is 0 Å². The van der Waals surface area contributed by atoms with Crippen molar-refractivity contribution in [2.24, 2.45) is 10.1 Å². The third-order valence-corrected chi connectivity index (χ3v) is 3.08. The molecule has 1 heterocycles. The molecule has 0 bridgehead atoms. The molecule has 0 atom stereocenters. The number of rotatable bonds is 3. The summed E-state index contributed by atoms with van der Waals surface area (Å²) in [6, 6.07) is 8.43. The summed E-state index contributed by atoms with van der Waals surface area (Å²) in [6.07, 6.45) is -2.68. The molecule has 2 rings (SSSR count). The van der Waals surface area contributed by atoms with Gasteiger partial charge in [0.05, 0.1) is 11.0 Å². The van der Waals surface area contributed by atoms with Crippen LogP contribution in [0.1, 0.15) is 5.56 Å². The predicted molar refractivity (Wildman–Crippen MR) is 79.2 cm³/mol. The second-order valence-corrected chi connectivity index (χ2v) is 4.59. The zero-order valence-corrected chi connectivity index (χ0v) is 12.4. The van der Waals surface area contributed by atoms with E-state index in [1.807, 2.05) is 0 Å². The lowest BCUT2D eigenvalue weighted by atomic mass is 10.1. The quantitative estimate of drug-likeness (QED) is 0.453. The Morgan fingerprint density at radius 1 is 1.14 bits per heavy atom. The van der Waals surface area contributed by atoms with E-state index in [0.29, 0.717) is 22.1 Å². The van der Waals surface area contributed by atoms with E-state index < -0.39 is 11.7 Å². The van der Waals surface area contributed by atoms with Crippen LogP contribution < -0.4 is 5.49 Å².